The molecule has 0 saturated carbocycles. The van der Waals surface area contributed by atoms with Crippen molar-refractivity contribution in [1.82, 2.24) is 5.32 Å². The minimum Gasteiger partial charge on any atom is -0.490 e. The van der Waals surface area contributed by atoms with Gasteiger partial charge in [-0.3, -0.25) is 0 Å². The molecule has 6 heteroatoms. The summed E-state index contributed by atoms with van der Waals surface area (Å²) >= 11 is 0. The first kappa shape index (κ1) is 25.8. The van der Waals surface area contributed by atoms with E-state index >= 15 is 0 Å². The lowest BCUT2D eigenvalue weighted by molar-refractivity contribution is -0.139. The number of piperidine rings is 1. The fraction of sp³-hybridized carbons (Fsp3) is 0.462. The van der Waals surface area contributed by atoms with Gasteiger partial charge in [0.05, 0.1) is 5.56 Å². The van der Waals surface area contributed by atoms with E-state index in [9.17, 15) is 13.2 Å². The second-order valence-corrected chi connectivity index (χ2v) is 8.23. The Morgan fingerprint density at radius 3 is 2.44 bits per heavy atom. The van der Waals surface area contributed by atoms with E-state index < -0.39 is 11.7 Å². The Morgan fingerprint density at radius 2 is 1.81 bits per heavy atom. The maximum atomic E-state index is 12.9. The normalized spacial score (nSPS) is 14.8. The third-order valence-corrected chi connectivity index (χ3v) is 5.36. The molecule has 176 valence electrons. The van der Waals surface area contributed by atoms with E-state index in [1.54, 1.807) is 13.0 Å². The Morgan fingerprint density at radius 1 is 1.09 bits per heavy atom. The number of aryl methyl sites for hydroxylation is 2. The summed E-state index contributed by atoms with van der Waals surface area (Å²) in [5, 5.41) is 3.15. The van der Waals surface area contributed by atoms with Crippen molar-refractivity contribution in [1.29, 1.82) is 0 Å². The lowest BCUT2D eigenvalue weighted by Crippen LogP contribution is -2.34. The molecule has 1 aliphatic heterocycles. The van der Waals surface area contributed by atoms with Crippen LogP contribution < -0.4 is 15.8 Å². The molecule has 0 amide bonds. The molecule has 3 N–H and O–H groups in total. The van der Waals surface area contributed by atoms with E-state index in [1.165, 1.54) is 24.5 Å². The van der Waals surface area contributed by atoms with Crippen molar-refractivity contribution in [2.45, 2.75) is 65.2 Å². The zero-order chi connectivity index (χ0) is 23.6. The van der Waals surface area contributed by atoms with Crippen LogP contribution in [-0.2, 0) is 6.18 Å². The van der Waals surface area contributed by atoms with Crippen molar-refractivity contribution in [3.63, 3.8) is 0 Å². The molecule has 1 heterocycles. The number of benzene rings is 2. The predicted octanol–water partition coefficient (Wildman–Crippen LogP) is 6.93. The third kappa shape index (κ3) is 8.58. The minimum absolute atomic E-state index is 0.0556. The van der Waals surface area contributed by atoms with Gasteiger partial charge in [-0.2, -0.15) is 13.2 Å². The smallest absolute Gasteiger partial charge is 0.419 e. The molecule has 0 atom stereocenters. The van der Waals surface area contributed by atoms with Crippen LogP contribution in [0.3, 0.4) is 0 Å². The predicted molar refractivity (Wildman–Crippen MR) is 127 cm³/mol. The van der Waals surface area contributed by atoms with Crippen molar-refractivity contribution < 1.29 is 17.9 Å². The number of hydrogen-bond donors (Lipinski definition) is 2. The lowest BCUT2D eigenvalue weighted by atomic mass is 10.1. The van der Waals surface area contributed by atoms with Crippen LogP contribution in [0.4, 0.5) is 18.9 Å². The van der Waals surface area contributed by atoms with Gasteiger partial charge < -0.3 is 15.8 Å². The Bertz CT molecular complexity index is 872. The zero-order valence-electron chi connectivity index (χ0n) is 19.3. The van der Waals surface area contributed by atoms with Crippen molar-refractivity contribution in [3.8, 4) is 5.75 Å². The number of hydrogen-bond acceptors (Lipinski definition) is 3. The SMILES string of the molecule is CCCC/C=C\c1ccc(C)c(N)c1.Cc1ccc(OC2CCNCC2)c(C(F)(F)F)c1. The Balaban J connectivity index is 0.000000235. The van der Waals surface area contributed by atoms with Crippen LogP contribution in [0.2, 0.25) is 0 Å². The number of unbranched alkanes of at least 4 members (excludes halogenated alkanes) is 2. The molecule has 3 nitrogen and oxygen atoms in total. The highest BCUT2D eigenvalue weighted by Crippen LogP contribution is 2.37. The van der Waals surface area contributed by atoms with Gasteiger partial charge in [-0.15, -0.1) is 0 Å². The maximum Gasteiger partial charge on any atom is 0.419 e. The quantitative estimate of drug-likeness (QED) is 0.372. The van der Waals surface area contributed by atoms with Crippen LogP contribution in [0.1, 0.15) is 61.3 Å². The summed E-state index contributed by atoms with van der Waals surface area (Å²) in [6, 6.07) is 10.4. The second-order valence-electron chi connectivity index (χ2n) is 8.23. The summed E-state index contributed by atoms with van der Waals surface area (Å²) in [6.07, 6.45) is 5.02. The number of rotatable bonds is 6. The Labute approximate surface area is 189 Å². The second kappa shape index (κ2) is 12.5. The van der Waals surface area contributed by atoms with Crippen LogP contribution in [0.15, 0.2) is 42.5 Å². The summed E-state index contributed by atoms with van der Waals surface area (Å²) in [6.45, 7) is 7.46. The number of ether oxygens (including phenoxy) is 1. The summed E-state index contributed by atoms with van der Waals surface area (Å²) in [7, 11) is 0. The van der Waals surface area contributed by atoms with Gasteiger partial charge >= 0.3 is 6.18 Å². The first-order valence-electron chi connectivity index (χ1n) is 11.3. The van der Waals surface area contributed by atoms with E-state index in [0.29, 0.717) is 5.56 Å². The van der Waals surface area contributed by atoms with Crippen LogP contribution in [-0.4, -0.2) is 19.2 Å². The minimum atomic E-state index is -4.37. The molecule has 1 aliphatic rings. The van der Waals surface area contributed by atoms with Gasteiger partial charge in [0.2, 0.25) is 0 Å². The van der Waals surface area contributed by atoms with E-state index in [2.05, 4.69) is 36.5 Å². The van der Waals surface area contributed by atoms with Crippen LogP contribution >= 0.6 is 0 Å². The van der Waals surface area contributed by atoms with Crippen molar-refractivity contribution >= 4 is 11.8 Å². The van der Waals surface area contributed by atoms with Gasteiger partial charge in [-0.05, 0) is 75.5 Å². The maximum absolute atomic E-state index is 12.9. The monoisotopic (exact) mass is 448 g/mol. The molecule has 0 spiro atoms. The van der Waals surface area contributed by atoms with Gasteiger partial charge in [-0.1, -0.05) is 55.7 Å². The summed E-state index contributed by atoms with van der Waals surface area (Å²) in [5.74, 6) is -0.0556. The number of nitrogens with one attached hydrogen (secondary N) is 1. The molecule has 2 aromatic carbocycles. The van der Waals surface area contributed by atoms with E-state index in [-0.39, 0.29) is 11.9 Å². The van der Waals surface area contributed by atoms with Gasteiger partial charge in [0.15, 0.2) is 0 Å². The first-order valence-corrected chi connectivity index (χ1v) is 11.3. The molecule has 0 aliphatic carbocycles. The summed E-state index contributed by atoms with van der Waals surface area (Å²) in [5.41, 5.74) is 8.95. The van der Waals surface area contributed by atoms with Gasteiger partial charge in [0.25, 0.3) is 0 Å². The highest BCUT2D eigenvalue weighted by Gasteiger charge is 2.35. The van der Waals surface area contributed by atoms with Gasteiger partial charge in [0.1, 0.15) is 11.9 Å². The number of nitrogens with two attached hydrogens (primary N) is 1. The lowest BCUT2D eigenvalue weighted by Gasteiger charge is -2.25. The standard InChI is InChI=1S/C13H16F3NO.C13H19N/c1-9-2-3-12(11(8-9)13(14,15)16)18-10-4-6-17-7-5-10;1-3-4-5-6-7-12-9-8-11(2)13(14)10-12/h2-3,8,10,17H,4-7H2,1H3;6-10H,3-5,14H2,1-2H3/b;7-6-. The molecular formula is C26H35F3N2O. The van der Waals surface area contributed by atoms with E-state index in [1.807, 2.05) is 13.0 Å². The summed E-state index contributed by atoms with van der Waals surface area (Å²) < 4.78 is 44.2. The highest BCUT2D eigenvalue weighted by atomic mass is 19.4. The summed E-state index contributed by atoms with van der Waals surface area (Å²) in [4.78, 5) is 0. The van der Waals surface area contributed by atoms with Gasteiger partial charge in [-0.25, -0.2) is 0 Å². The first-order chi connectivity index (χ1) is 15.2. The molecule has 3 rings (SSSR count). The number of nitrogen functional groups attached to an aromatic ring is 1. The third-order valence-electron chi connectivity index (χ3n) is 5.36. The number of anilines is 1. The topological polar surface area (TPSA) is 47.3 Å². The largest absolute Gasteiger partial charge is 0.490 e. The average Bonchev–Trinajstić information content (AvgIpc) is 2.75. The molecule has 0 aromatic heterocycles. The number of halogens is 3. The fourth-order valence-electron chi connectivity index (χ4n) is 3.36. The average molecular weight is 449 g/mol. The molecule has 0 radical (unpaired) electrons. The molecule has 2 aromatic rings. The molecule has 0 unspecified atom stereocenters. The Kier molecular flexibility index (Phi) is 10.1. The number of alkyl halides is 3. The number of allylic oxidation sites excluding steroid dienone is 1. The van der Waals surface area contributed by atoms with Gasteiger partial charge in [0, 0.05) is 5.69 Å². The zero-order valence-corrected chi connectivity index (χ0v) is 19.3. The van der Waals surface area contributed by atoms with E-state index in [4.69, 9.17) is 10.5 Å². The van der Waals surface area contributed by atoms with Crippen molar-refractivity contribution in [3.05, 3.63) is 64.7 Å². The van der Waals surface area contributed by atoms with Crippen LogP contribution in [0, 0.1) is 13.8 Å². The molecule has 1 fully saturated rings. The highest BCUT2D eigenvalue weighted by molar-refractivity contribution is 5.58. The fourth-order valence-corrected chi connectivity index (χ4v) is 3.36. The van der Waals surface area contributed by atoms with E-state index in [0.717, 1.165) is 49.7 Å². The molecule has 32 heavy (non-hydrogen) atoms. The van der Waals surface area contributed by atoms with Crippen molar-refractivity contribution in [2.24, 2.45) is 0 Å². The molecule has 1 saturated heterocycles. The van der Waals surface area contributed by atoms with Crippen LogP contribution in [0.25, 0.3) is 6.08 Å². The van der Waals surface area contributed by atoms with Crippen LogP contribution in [0.5, 0.6) is 5.75 Å². The molecular weight excluding hydrogens is 413 g/mol. The molecule has 0 bridgehead atoms. The Hall–Kier alpha value is -2.47. The van der Waals surface area contributed by atoms with Crippen molar-refractivity contribution in [2.75, 3.05) is 18.8 Å².